The second kappa shape index (κ2) is 4.75. The van der Waals surface area contributed by atoms with Crippen molar-refractivity contribution >= 4 is 0 Å². The Hall–Kier alpha value is -1.90. The van der Waals surface area contributed by atoms with E-state index in [4.69, 9.17) is 4.74 Å². The van der Waals surface area contributed by atoms with Gasteiger partial charge in [0.05, 0.1) is 0 Å². The van der Waals surface area contributed by atoms with Crippen molar-refractivity contribution in [3.63, 3.8) is 0 Å². The van der Waals surface area contributed by atoms with E-state index in [1.165, 1.54) is 6.20 Å². The van der Waals surface area contributed by atoms with Crippen LogP contribution in [-0.4, -0.2) is 4.98 Å². The Kier molecular flexibility index (Phi) is 3.15. The SMILES string of the molecule is Cc1c(OCc2ccccc2)ccnc1F. The lowest BCUT2D eigenvalue weighted by Gasteiger charge is -2.08. The van der Waals surface area contributed by atoms with Gasteiger partial charge in [0, 0.05) is 11.8 Å². The van der Waals surface area contributed by atoms with Crippen LogP contribution in [0.2, 0.25) is 0 Å². The topological polar surface area (TPSA) is 22.1 Å². The van der Waals surface area contributed by atoms with Gasteiger partial charge in [0.1, 0.15) is 12.4 Å². The van der Waals surface area contributed by atoms with Crippen molar-refractivity contribution in [1.82, 2.24) is 4.98 Å². The largest absolute Gasteiger partial charge is 0.488 e. The Balaban J connectivity index is 2.08. The van der Waals surface area contributed by atoms with E-state index in [2.05, 4.69) is 4.98 Å². The average molecular weight is 217 g/mol. The van der Waals surface area contributed by atoms with E-state index in [1.54, 1.807) is 13.0 Å². The molecular formula is C13H12FNO. The number of hydrogen-bond donors (Lipinski definition) is 0. The summed E-state index contributed by atoms with van der Waals surface area (Å²) in [6.07, 6.45) is 1.41. The first-order valence-electron chi connectivity index (χ1n) is 5.05. The molecule has 2 aromatic rings. The lowest BCUT2D eigenvalue weighted by molar-refractivity contribution is 0.301. The molecule has 0 N–H and O–H groups in total. The summed E-state index contributed by atoms with van der Waals surface area (Å²) in [6.45, 7) is 2.09. The summed E-state index contributed by atoms with van der Waals surface area (Å²) < 4.78 is 18.6. The number of halogens is 1. The maximum atomic E-state index is 13.1. The molecule has 3 heteroatoms. The Bertz CT molecular complexity index is 471. The van der Waals surface area contributed by atoms with E-state index < -0.39 is 5.95 Å². The van der Waals surface area contributed by atoms with E-state index >= 15 is 0 Å². The first-order valence-corrected chi connectivity index (χ1v) is 5.05. The van der Waals surface area contributed by atoms with E-state index in [1.807, 2.05) is 30.3 Å². The van der Waals surface area contributed by atoms with Gasteiger partial charge >= 0.3 is 0 Å². The lowest BCUT2D eigenvalue weighted by Crippen LogP contribution is -1.99. The van der Waals surface area contributed by atoms with E-state index in [0.717, 1.165) is 5.56 Å². The lowest BCUT2D eigenvalue weighted by atomic mass is 10.2. The molecule has 1 aromatic heterocycles. The van der Waals surface area contributed by atoms with Crippen LogP contribution in [0, 0.1) is 12.9 Å². The Morgan fingerprint density at radius 1 is 1.19 bits per heavy atom. The van der Waals surface area contributed by atoms with Crippen LogP contribution in [0.15, 0.2) is 42.6 Å². The molecule has 0 aliphatic heterocycles. The second-order valence-corrected chi connectivity index (χ2v) is 3.50. The molecule has 0 spiro atoms. The molecule has 16 heavy (non-hydrogen) atoms. The van der Waals surface area contributed by atoms with Crippen molar-refractivity contribution in [1.29, 1.82) is 0 Å². The third-order valence-electron chi connectivity index (χ3n) is 2.33. The summed E-state index contributed by atoms with van der Waals surface area (Å²) in [7, 11) is 0. The number of pyridine rings is 1. The molecule has 0 saturated heterocycles. The van der Waals surface area contributed by atoms with Gasteiger partial charge in [-0.25, -0.2) is 4.98 Å². The highest BCUT2D eigenvalue weighted by Gasteiger charge is 2.05. The molecule has 0 saturated carbocycles. The molecule has 0 aliphatic rings. The average Bonchev–Trinajstić information content (AvgIpc) is 2.32. The molecule has 0 radical (unpaired) electrons. The van der Waals surface area contributed by atoms with Crippen molar-refractivity contribution in [2.45, 2.75) is 13.5 Å². The molecule has 1 heterocycles. The van der Waals surface area contributed by atoms with Crippen molar-refractivity contribution in [2.24, 2.45) is 0 Å². The number of aromatic nitrogens is 1. The maximum Gasteiger partial charge on any atom is 0.219 e. The van der Waals surface area contributed by atoms with E-state index in [0.29, 0.717) is 17.9 Å². The van der Waals surface area contributed by atoms with Crippen LogP contribution in [0.1, 0.15) is 11.1 Å². The number of benzene rings is 1. The molecule has 1 aromatic carbocycles. The number of nitrogens with zero attached hydrogens (tertiary/aromatic N) is 1. The van der Waals surface area contributed by atoms with Crippen molar-refractivity contribution < 1.29 is 9.13 Å². The summed E-state index contributed by atoms with van der Waals surface area (Å²) in [5.74, 6) is 0.0573. The summed E-state index contributed by atoms with van der Waals surface area (Å²) in [6, 6.07) is 11.4. The van der Waals surface area contributed by atoms with Gasteiger partial charge in [-0.2, -0.15) is 4.39 Å². The van der Waals surface area contributed by atoms with Crippen LogP contribution in [0.3, 0.4) is 0 Å². The third-order valence-corrected chi connectivity index (χ3v) is 2.33. The minimum Gasteiger partial charge on any atom is -0.488 e. The fraction of sp³-hybridized carbons (Fsp3) is 0.154. The highest BCUT2D eigenvalue weighted by molar-refractivity contribution is 5.30. The standard InChI is InChI=1S/C13H12FNO/c1-10-12(7-8-15-13(10)14)16-9-11-5-3-2-4-6-11/h2-8H,9H2,1H3. The Morgan fingerprint density at radius 3 is 2.69 bits per heavy atom. The van der Waals surface area contributed by atoms with Crippen molar-refractivity contribution in [3.05, 3.63) is 59.7 Å². The van der Waals surface area contributed by atoms with Gasteiger partial charge in [0.2, 0.25) is 5.95 Å². The predicted octanol–water partition coefficient (Wildman–Crippen LogP) is 3.11. The summed E-state index contributed by atoms with van der Waals surface area (Å²) >= 11 is 0. The smallest absolute Gasteiger partial charge is 0.219 e. The van der Waals surface area contributed by atoms with Crippen LogP contribution in [-0.2, 0) is 6.61 Å². The minimum absolute atomic E-state index is 0.436. The summed E-state index contributed by atoms with van der Waals surface area (Å²) in [5.41, 5.74) is 1.50. The predicted molar refractivity (Wildman–Crippen MR) is 59.7 cm³/mol. The van der Waals surface area contributed by atoms with Gasteiger partial charge in [-0.15, -0.1) is 0 Å². The van der Waals surface area contributed by atoms with Crippen LogP contribution < -0.4 is 4.74 Å². The molecule has 0 atom stereocenters. The van der Waals surface area contributed by atoms with Crippen LogP contribution >= 0.6 is 0 Å². The zero-order chi connectivity index (χ0) is 11.4. The maximum absolute atomic E-state index is 13.1. The Labute approximate surface area is 93.7 Å². The van der Waals surface area contributed by atoms with Gasteiger partial charge in [0.15, 0.2) is 0 Å². The van der Waals surface area contributed by atoms with Crippen molar-refractivity contribution in [3.8, 4) is 5.75 Å². The van der Waals surface area contributed by atoms with Gasteiger partial charge in [-0.1, -0.05) is 30.3 Å². The minimum atomic E-state index is -0.481. The Morgan fingerprint density at radius 2 is 1.94 bits per heavy atom. The van der Waals surface area contributed by atoms with Gasteiger partial charge in [0.25, 0.3) is 0 Å². The molecule has 0 unspecified atom stereocenters. The van der Waals surface area contributed by atoms with Gasteiger partial charge in [-0.05, 0) is 18.6 Å². The third kappa shape index (κ3) is 2.37. The number of ether oxygens (including phenoxy) is 1. The first kappa shape index (κ1) is 10.6. The monoisotopic (exact) mass is 217 g/mol. The quantitative estimate of drug-likeness (QED) is 0.737. The summed E-state index contributed by atoms with van der Waals surface area (Å²) in [4.78, 5) is 3.55. The molecule has 0 amide bonds. The molecule has 0 bridgehead atoms. The van der Waals surface area contributed by atoms with E-state index in [-0.39, 0.29) is 0 Å². The van der Waals surface area contributed by atoms with Gasteiger partial charge < -0.3 is 4.74 Å². The first-order chi connectivity index (χ1) is 7.77. The zero-order valence-corrected chi connectivity index (χ0v) is 8.98. The molecule has 2 nitrogen and oxygen atoms in total. The van der Waals surface area contributed by atoms with Crippen LogP contribution in [0.5, 0.6) is 5.75 Å². The van der Waals surface area contributed by atoms with Crippen molar-refractivity contribution in [2.75, 3.05) is 0 Å². The van der Waals surface area contributed by atoms with Crippen LogP contribution in [0.4, 0.5) is 4.39 Å². The molecule has 2 rings (SSSR count). The van der Waals surface area contributed by atoms with Gasteiger partial charge in [-0.3, -0.25) is 0 Å². The molecule has 0 fully saturated rings. The van der Waals surface area contributed by atoms with E-state index in [9.17, 15) is 4.39 Å². The molecular weight excluding hydrogens is 205 g/mol. The highest BCUT2D eigenvalue weighted by Crippen LogP contribution is 2.19. The number of hydrogen-bond acceptors (Lipinski definition) is 2. The normalized spacial score (nSPS) is 10.1. The summed E-state index contributed by atoms with van der Waals surface area (Å²) in [5, 5.41) is 0. The second-order valence-electron chi connectivity index (χ2n) is 3.50. The molecule has 82 valence electrons. The fourth-order valence-electron chi connectivity index (χ4n) is 1.39. The fourth-order valence-corrected chi connectivity index (χ4v) is 1.39. The number of rotatable bonds is 3. The van der Waals surface area contributed by atoms with Crippen LogP contribution in [0.25, 0.3) is 0 Å². The highest BCUT2D eigenvalue weighted by atomic mass is 19.1. The molecule has 0 aliphatic carbocycles. The zero-order valence-electron chi connectivity index (χ0n) is 8.98.